The Kier molecular flexibility index (Phi) is 3.65. The van der Waals surface area contributed by atoms with E-state index in [0.717, 1.165) is 6.07 Å². The fourth-order valence-corrected chi connectivity index (χ4v) is 3.45. The number of hydrogen-bond donors (Lipinski definition) is 0. The van der Waals surface area contributed by atoms with Gasteiger partial charge in [0, 0.05) is 17.6 Å². The van der Waals surface area contributed by atoms with E-state index in [0.29, 0.717) is 24.0 Å². The van der Waals surface area contributed by atoms with E-state index in [1.54, 1.807) is 6.08 Å². The van der Waals surface area contributed by atoms with Crippen LogP contribution in [0.15, 0.2) is 39.7 Å². The summed E-state index contributed by atoms with van der Waals surface area (Å²) < 4.78 is 39.8. The molecule has 0 spiro atoms. The van der Waals surface area contributed by atoms with Crippen molar-refractivity contribution >= 4 is 26.0 Å². The molecule has 0 atom stereocenters. The lowest BCUT2D eigenvalue weighted by atomic mass is 10.3. The van der Waals surface area contributed by atoms with E-state index in [1.807, 2.05) is 6.08 Å². The predicted molar refractivity (Wildman–Crippen MR) is 66.6 cm³/mol. The number of halogens is 2. The summed E-state index contributed by atoms with van der Waals surface area (Å²) in [6.45, 7) is 0.701. The monoisotopic (exact) mass is 319 g/mol. The Morgan fingerprint density at radius 3 is 2.65 bits per heavy atom. The molecule has 0 bridgehead atoms. The molecule has 1 aromatic carbocycles. The number of nitrogens with zero attached hydrogens (tertiary/aromatic N) is 1. The number of sulfonamides is 1. The zero-order valence-corrected chi connectivity index (χ0v) is 11.3. The fraction of sp³-hybridized carbons (Fsp3) is 0.273. The molecule has 2 rings (SSSR count). The van der Waals surface area contributed by atoms with Crippen LogP contribution in [0.3, 0.4) is 0 Å². The van der Waals surface area contributed by atoms with E-state index >= 15 is 0 Å². The molecule has 1 aliphatic heterocycles. The van der Waals surface area contributed by atoms with E-state index in [4.69, 9.17) is 0 Å². The summed E-state index contributed by atoms with van der Waals surface area (Å²) >= 11 is 3.10. The predicted octanol–water partition coefficient (Wildman–Crippen LogP) is 2.54. The van der Waals surface area contributed by atoms with Crippen LogP contribution in [0.1, 0.15) is 6.42 Å². The molecule has 0 aliphatic carbocycles. The quantitative estimate of drug-likeness (QED) is 0.786. The number of rotatable bonds is 2. The third-order valence-electron chi connectivity index (χ3n) is 2.53. The molecule has 3 nitrogen and oxygen atoms in total. The van der Waals surface area contributed by atoms with Crippen LogP contribution in [0.4, 0.5) is 4.39 Å². The molecule has 0 saturated heterocycles. The highest BCUT2D eigenvalue weighted by molar-refractivity contribution is 9.10. The fourth-order valence-electron chi connectivity index (χ4n) is 1.66. The molecule has 1 heterocycles. The van der Waals surface area contributed by atoms with Crippen molar-refractivity contribution in [3.63, 3.8) is 0 Å². The van der Waals surface area contributed by atoms with Crippen molar-refractivity contribution in [2.45, 2.75) is 11.3 Å². The normalized spacial score (nSPS) is 17.3. The minimum absolute atomic E-state index is 0.268. The first-order valence-corrected chi connectivity index (χ1v) is 7.35. The summed E-state index contributed by atoms with van der Waals surface area (Å²) in [4.78, 5) is -0.268. The first-order valence-electron chi connectivity index (χ1n) is 5.12. The van der Waals surface area contributed by atoms with E-state index in [2.05, 4.69) is 15.9 Å². The Hall–Kier alpha value is -0.720. The highest BCUT2D eigenvalue weighted by Crippen LogP contribution is 2.23. The van der Waals surface area contributed by atoms with Crippen LogP contribution in [-0.4, -0.2) is 25.8 Å². The summed E-state index contributed by atoms with van der Waals surface area (Å²) in [7, 11) is -3.72. The zero-order valence-electron chi connectivity index (χ0n) is 8.94. The average molecular weight is 320 g/mol. The minimum atomic E-state index is -3.72. The molecule has 0 aromatic heterocycles. The molecule has 0 amide bonds. The van der Waals surface area contributed by atoms with E-state index < -0.39 is 15.8 Å². The van der Waals surface area contributed by atoms with Crippen molar-refractivity contribution in [3.05, 3.63) is 40.6 Å². The highest BCUT2D eigenvalue weighted by Gasteiger charge is 2.27. The summed E-state index contributed by atoms with van der Waals surface area (Å²) in [5.41, 5.74) is 0. The number of hydrogen-bond acceptors (Lipinski definition) is 2. The highest BCUT2D eigenvalue weighted by atomic mass is 79.9. The molecule has 92 valence electrons. The molecule has 0 fully saturated rings. The maximum Gasteiger partial charge on any atom is 0.246 e. The topological polar surface area (TPSA) is 37.4 Å². The lowest BCUT2D eigenvalue weighted by molar-refractivity contribution is 0.433. The smallest absolute Gasteiger partial charge is 0.207 e. The second-order valence-corrected chi connectivity index (χ2v) is 6.52. The molecule has 0 radical (unpaired) electrons. The molecular weight excluding hydrogens is 309 g/mol. The molecule has 0 N–H and O–H groups in total. The third kappa shape index (κ3) is 2.59. The third-order valence-corrected chi connectivity index (χ3v) is 4.92. The largest absolute Gasteiger partial charge is 0.246 e. The van der Waals surface area contributed by atoms with Crippen molar-refractivity contribution in [1.29, 1.82) is 0 Å². The Morgan fingerprint density at radius 2 is 2.06 bits per heavy atom. The van der Waals surface area contributed by atoms with Gasteiger partial charge >= 0.3 is 0 Å². The standard InChI is InChI=1S/C11H11BrFNO2S/c12-9-4-5-11(10(13)8-9)17(15,16)14-6-2-1-3-7-14/h1-2,4-5,8H,3,6-7H2. The Balaban J connectivity index is 2.40. The summed E-state index contributed by atoms with van der Waals surface area (Å²) in [5, 5.41) is 0. The van der Waals surface area contributed by atoms with Crippen LogP contribution in [0.25, 0.3) is 0 Å². The van der Waals surface area contributed by atoms with Gasteiger partial charge in [-0.3, -0.25) is 0 Å². The minimum Gasteiger partial charge on any atom is -0.207 e. The van der Waals surface area contributed by atoms with Gasteiger partial charge in [-0.25, -0.2) is 12.8 Å². The van der Waals surface area contributed by atoms with Crippen LogP contribution < -0.4 is 0 Å². The van der Waals surface area contributed by atoms with Crippen LogP contribution in [0, 0.1) is 5.82 Å². The number of benzene rings is 1. The van der Waals surface area contributed by atoms with Crippen LogP contribution >= 0.6 is 15.9 Å². The van der Waals surface area contributed by atoms with Crippen LogP contribution in [-0.2, 0) is 10.0 Å². The first kappa shape index (κ1) is 12.7. The molecule has 1 aromatic rings. The maximum absolute atomic E-state index is 13.6. The summed E-state index contributed by atoms with van der Waals surface area (Å²) in [6.07, 6.45) is 4.36. The summed E-state index contributed by atoms with van der Waals surface area (Å²) in [6, 6.07) is 3.97. The van der Waals surface area contributed by atoms with Gasteiger partial charge < -0.3 is 0 Å². The van der Waals surface area contributed by atoms with E-state index in [-0.39, 0.29) is 4.90 Å². The van der Waals surface area contributed by atoms with Gasteiger partial charge in [-0.1, -0.05) is 28.1 Å². The van der Waals surface area contributed by atoms with Gasteiger partial charge in [-0.2, -0.15) is 4.31 Å². The van der Waals surface area contributed by atoms with Crippen molar-refractivity contribution in [1.82, 2.24) is 4.31 Å². The van der Waals surface area contributed by atoms with Crippen molar-refractivity contribution < 1.29 is 12.8 Å². The lowest BCUT2D eigenvalue weighted by Gasteiger charge is -2.22. The molecule has 6 heteroatoms. The molecule has 1 aliphatic rings. The van der Waals surface area contributed by atoms with E-state index in [1.165, 1.54) is 16.4 Å². The van der Waals surface area contributed by atoms with Gasteiger partial charge in [0.2, 0.25) is 10.0 Å². The van der Waals surface area contributed by atoms with Gasteiger partial charge in [0.25, 0.3) is 0 Å². The SMILES string of the molecule is O=S(=O)(c1ccc(Br)cc1F)N1CC=CCC1. The molecular formula is C11H11BrFNO2S. The molecule has 17 heavy (non-hydrogen) atoms. The average Bonchev–Trinajstić information content (AvgIpc) is 2.29. The van der Waals surface area contributed by atoms with Gasteiger partial charge in [0.15, 0.2) is 0 Å². The van der Waals surface area contributed by atoms with Gasteiger partial charge in [0.05, 0.1) is 0 Å². The lowest BCUT2D eigenvalue weighted by Crippen LogP contribution is -2.34. The van der Waals surface area contributed by atoms with Gasteiger partial charge in [-0.05, 0) is 24.6 Å². The maximum atomic E-state index is 13.6. The van der Waals surface area contributed by atoms with Crippen molar-refractivity contribution in [2.75, 3.05) is 13.1 Å². The first-order chi connectivity index (χ1) is 8.01. The Bertz CT molecular complexity index is 557. The zero-order chi connectivity index (χ0) is 12.5. The van der Waals surface area contributed by atoms with Crippen LogP contribution in [0.5, 0.6) is 0 Å². The van der Waals surface area contributed by atoms with Crippen LogP contribution in [0.2, 0.25) is 0 Å². The second kappa shape index (κ2) is 4.88. The van der Waals surface area contributed by atoms with Crippen molar-refractivity contribution in [3.8, 4) is 0 Å². The second-order valence-electron chi connectivity index (χ2n) is 3.70. The Morgan fingerprint density at radius 1 is 1.29 bits per heavy atom. The van der Waals surface area contributed by atoms with E-state index in [9.17, 15) is 12.8 Å². The van der Waals surface area contributed by atoms with Crippen molar-refractivity contribution in [2.24, 2.45) is 0 Å². The van der Waals surface area contributed by atoms with Gasteiger partial charge in [0.1, 0.15) is 10.7 Å². The molecule has 0 unspecified atom stereocenters. The summed E-state index contributed by atoms with van der Waals surface area (Å²) in [5.74, 6) is -0.728. The Labute approximate surface area is 108 Å². The van der Waals surface area contributed by atoms with Gasteiger partial charge in [-0.15, -0.1) is 0 Å². The molecule has 0 saturated carbocycles.